The van der Waals surface area contributed by atoms with Gasteiger partial charge >= 0.3 is 6.09 Å². The third-order valence-electron chi connectivity index (χ3n) is 3.35. The number of aromatic nitrogens is 2. The fourth-order valence-corrected chi connectivity index (χ4v) is 2.29. The van der Waals surface area contributed by atoms with Gasteiger partial charge in [0.15, 0.2) is 0 Å². The molecule has 23 heavy (non-hydrogen) atoms. The zero-order valence-corrected chi connectivity index (χ0v) is 15.6. The molecule has 0 saturated carbocycles. The van der Waals surface area contributed by atoms with E-state index in [4.69, 9.17) is 4.74 Å². The van der Waals surface area contributed by atoms with Crippen molar-refractivity contribution in [1.29, 1.82) is 0 Å². The molecule has 0 bridgehead atoms. The molecule has 0 fully saturated rings. The average molecular weight is 324 g/mol. The van der Waals surface area contributed by atoms with Gasteiger partial charge in [-0.05, 0) is 27.3 Å². The Hall–Kier alpha value is -1.56. The van der Waals surface area contributed by atoms with E-state index in [1.54, 1.807) is 6.33 Å². The summed E-state index contributed by atoms with van der Waals surface area (Å²) in [6, 6.07) is 0. The Bertz CT molecular complexity index is 497. The minimum Gasteiger partial charge on any atom is -0.444 e. The molecule has 0 aliphatic heterocycles. The molecule has 0 saturated heterocycles. The monoisotopic (exact) mass is 324 g/mol. The molecule has 6 heteroatoms. The Morgan fingerprint density at radius 2 is 1.96 bits per heavy atom. The maximum absolute atomic E-state index is 11.7. The van der Waals surface area contributed by atoms with Crippen LogP contribution in [0.4, 0.5) is 4.79 Å². The van der Waals surface area contributed by atoms with Crippen LogP contribution in [0.25, 0.3) is 0 Å². The quantitative estimate of drug-likeness (QED) is 0.844. The van der Waals surface area contributed by atoms with E-state index >= 15 is 0 Å². The van der Waals surface area contributed by atoms with Crippen molar-refractivity contribution < 1.29 is 9.53 Å². The number of nitrogens with one attached hydrogen (secondary N) is 2. The summed E-state index contributed by atoms with van der Waals surface area (Å²) in [6.07, 6.45) is 1.38. The molecule has 0 radical (unpaired) electrons. The number of likely N-dealkylation sites (N-methyl/N-ethyl adjacent to an activating group) is 1. The van der Waals surface area contributed by atoms with Crippen molar-refractivity contribution in [3.63, 3.8) is 0 Å². The third kappa shape index (κ3) is 7.03. The number of ether oxygens (including phenoxy) is 1. The van der Waals surface area contributed by atoms with Gasteiger partial charge in [-0.25, -0.2) is 9.78 Å². The Morgan fingerprint density at radius 1 is 1.30 bits per heavy atom. The van der Waals surface area contributed by atoms with Gasteiger partial charge < -0.3 is 15.0 Å². The molecule has 1 aromatic heterocycles. The summed E-state index contributed by atoms with van der Waals surface area (Å²) in [5.41, 5.74) is 1.78. The standard InChI is InChI=1S/C17H32N4O2/c1-8-21(10-9-18-15(22)23-17(5,6)7)11-13-14(16(2,3)4)20-12-19-13/h12H,8-11H2,1-7H3,(H,18,22)(H,19,20). The molecule has 0 spiro atoms. The van der Waals surface area contributed by atoms with E-state index in [1.807, 2.05) is 20.8 Å². The van der Waals surface area contributed by atoms with Gasteiger partial charge in [-0.15, -0.1) is 0 Å². The molecular formula is C17H32N4O2. The number of hydrogen-bond donors (Lipinski definition) is 2. The highest BCUT2D eigenvalue weighted by Gasteiger charge is 2.22. The molecule has 0 aliphatic rings. The molecule has 1 heterocycles. The van der Waals surface area contributed by atoms with Crippen molar-refractivity contribution in [3.8, 4) is 0 Å². The molecule has 1 rings (SSSR count). The first-order chi connectivity index (χ1) is 10.5. The highest BCUT2D eigenvalue weighted by atomic mass is 16.6. The summed E-state index contributed by atoms with van der Waals surface area (Å²) in [5, 5.41) is 2.80. The first kappa shape index (κ1) is 19.5. The number of nitrogens with zero attached hydrogens (tertiary/aromatic N) is 2. The van der Waals surface area contributed by atoms with Crippen LogP contribution in [0.3, 0.4) is 0 Å². The lowest BCUT2D eigenvalue weighted by Crippen LogP contribution is -2.38. The smallest absolute Gasteiger partial charge is 0.407 e. The lowest BCUT2D eigenvalue weighted by atomic mass is 9.90. The molecule has 6 nitrogen and oxygen atoms in total. The highest BCUT2D eigenvalue weighted by molar-refractivity contribution is 5.67. The first-order valence-electron chi connectivity index (χ1n) is 8.25. The Balaban J connectivity index is 2.50. The minimum absolute atomic E-state index is 0.0174. The lowest BCUT2D eigenvalue weighted by molar-refractivity contribution is 0.0522. The molecule has 1 aromatic rings. The zero-order valence-electron chi connectivity index (χ0n) is 15.6. The van der Waals surface area contributed by atoms with E-state index in [0.29, 0.717) is 6.54 Å². The van der Waals surface area contributed by atoms with E-state index in [0.717, 1.165) is 31.0 Å². The van der Waals surface area contributed by atoms with Crippen molar-refractivity contribution in [3.05, 3.63) is 17.7 Å². The third-order valence-corrected chi connectivity index (χ3v) is 3.35. The Labute approximate surface area is 140 Å². The van der Waals surface area contributed by atoms with Crippen LogP contribution >= 0.6 is 0 Å². The summed E-state index contributed by atoms with van der Waals surface area (Å²) in [4.78, 5) is 21.6. The Kier molecular flexibility index (Phi) is 6.62. The number of amides is 1. The maximum atomic E-state index is 11.7. The van der Waals surface area contributed by atoms with Gasteiger partial charge in [0.2, 0.25) is 0 Å². The number of imidazole rings is 1. The number of H-pyrrole nitrogens is 1. The van der Waals surface area contributed by atoms with Gasteiger partial charge in [0.05, 0.1) is 17.7 Å². The van der Waals surface area contributed by atoms with E-state index in [1.165, 1.54) is 0 Å². The summed E-state index contributed by atoms with van der Waals surface area (Å²) in [5.74, 6) is 0. The fourth-order valence-electron chi connectivity index (χ4n) is 2.29. The van der Waals surface area contributed by atoms with Crippen molar-refractivity contribution in [2.75, 3.05) is 19.6 Å². The predicted molar refractivity (Wildman–Crippen MR) is 92.5 cm³/mol. The number of alkyl carbamates (subject to hydrolysis) is 1. The summed E-state index contributed by atoms with van der Waals surface area (Å²) in [6.45, 7) is 17.2. The molecule has 0 aromatic carbocycles. The molecular weight excluding hydrogens is 292 g/mol. The van der Waals surface area contributed by atoms with Gasteiger partial charge in [0.1, 0.15) is 5.60 Å². The van der Waals surface area contributed by atoms with Crippen molar-refractivity contribution in [1.82, 2.24) is 20.2 Å². The number of carbonyl (C=O) groups is 1. The second kappa shape index (κ2) is 7.81. The Morgan fingerprint density at radius 3 is 2.48 bits per heavy atom. The average Bonchev–Trinajstić information content (AvgIpc) is 2.83. The lowest BCUT2D eigenvalue weighted by Gasteiger charge is -2.24. The van der Waals surface area contributed by atoms with E-state index in [2.05, 4.69) is 47.9 Å². The van der Waals surface area contributed by atoms with Crippen LogP contribution in [0.15, 0.2) is 6.33 Å². The van der Waals surface area contributed by atoms with Crippen molar-refractivity contribution in [2.24, 2.45) is 0 Å². The normalized spacial score (nSPS) is 12.5. The molecule has 0 unspecified atom stereocenters. The van der Waals surface area contributed by atoms with E-state index in [-0.39, 0.29) is 11.5 Å². The second-order valence-electron chi connectivity index (χ2n) is 7.78. The molecule has 1 amide bonds. The number of rotatable bonds is 6. The van der Waals surface area contributed by atoms with Gasteiger partial charge in [0, 0.05) is 25.0 Å². The van der Waals surface area contributed by atoms with Crippen LogP contribution in [-0.2, 0) is 16.7 Å². The maximum Gasteiger partial charge on any atom is 0.407 e. The number of aromatic amines is 1. The SMILES string of the molecule is CCN(CCNC(=O)OC(C)(C)C)Cc1[nH]cnc1C(C)(C)C. The van der Waals surface area contributed by atoms with E-state index < -0.39 is 5.60 Å². The molecule has 0 aliphatic carbocycles. The summed E-state index contributed by atoms with van der Waals surface area (Å²) in [7, 11) is 0. The topological polar surface area (TPSA) is 70.2 Å². The van der Waals surface area contributed by atoms with Gasteiger partial charge in [-0.1, -0.05) is 27.7 Å². The van der Waals surface area contributed by atoms with Gasteiger partial charge in [-0.3, -0.25) is 4.90 Å². The van der Waals surface area contributed by atoms with Crippen molar-refractivity contribution >= 4 is 6.09 Å². The number of hydrogen-bond acceptors (Lipinski definition) is 4. The van der Waals surface area contributed by atoms with Crippen LogP contribution < -0.4 is 5.32 Å². The van der Waals surface area contributed by atoms with E-state index in [9.17, 15) is 4.79 Å². The summed E-state index contributed by atoms with van der Waals surface area (Å²) < 4.78 is 5.24. The highest BCUT2D eigenvalue weighted by Crippen LogP contribution is 2.23. The molecule has 2 N–H and O–H groups in total. The van der Waals surface area contributed by atoms with Crippen LogP contribution in [0.1, 0.15) is 59.9 Å². The van der Waals surface area contributed by atoms with Crippen LogP contribution in [-0.4, -0.2) is 46.2 Å². The summed E-state index contributed by atoms with van der Waals surface area (Å²) >= 11 is 0. The first-order valence-corrected chi connectivity index (χ1v) is 8.25. The van der Waals surface area contributed by atoms with Crippen LogP contribution in [0.2, 0.25) is 0 Å². The minimum atomic E-state index is -0.466. The van der Waals surface area contributed by atoms with Gasteiger partial charge in [-0.2, -0.15) is 0 Å². The van der Waals surface area contributed by atoms with Crippen LogP contribution in [0, 0.1) is 0 Å². The zero-order chi connectivity index (χ0) is 17.7. The van der Waals surface area contributed by atoms with Crippen LogP contribution in [0.5, 0.6) is 0 Å². The van der Waals surface area contributed by atoms with Crippen molar-refractivity contribution in [2.45, 2.75) is 66.0 Å². The van der Waals surface area contributed by atoms with Gasteiger partial charge in [0.25, 0.3) is 0 Å². The largest absolute Gasteiger partial charge is 0.444 e. The fraction of sp³-hybridized carbons (Fsp3) is 0.765. The molecule has 0 atom stereocenters. The predicted octanol–water partition coefficient (Wildman–Crippen LogP) is 3.05. The number of carbonyl (C=O) groups excluding carboxylic acids is 1. The molecule has 132 valence electrons. The second-order valence-corrected chi connectivity index (χ2v) is 7.78.